The Morgan fingerprint density at radius 1 is 1.07 bits per heavy atom. The number of ether oxygens (including phenoxy) is 1. The highest BCUT2D eigenvalue weighted by Gasteiger charge is 2.19. The fourth-order valence-electron chi connectivity index (χ4n) is 2.75. The van der Waals surface area contributed by atoms with Crippen LogP contribution in [0, 0.1) is 5.82 Å². The third-order valence-electron chi connectivity index (χ3n) is 4.06. The molecule has 0 bridgehead atoms. The molecular formula is C20H16FN5O. The zero-order valence-electron chi connectivity index (χ0n) is 14.6. The SMILES string of the molecule is C=C1C=CN(c2ccnc(OC)c2)N=C1c1ccnn1-c1cccc(F)c1. The predicted molar refractivity (Wildman–Crippen MR) is 102 cm³/mol. The number of hydrogen-bond acceptors (Lipinski definition) is 5. The summed E-state index contributed by atoms with van der Waals surface area (Å²) < 4.78 is 20.5. The maximum Gasteiger partial charge on any atom is 0.215 e. The molecule has 3 heterocycles. The first-order valence-corrected chi connectivity index (χ1v) is 8.21. The van der Waals surface area contributed by atoms with Crippen molar-refractivity contribution >= 4 is 11.4 Å². The average Bonchev–Trinajstić information content (AvgIpc) is 3.18. The van der Waals surface area contributed by atoms with E-state index in [1.807, 2.05) is 24.4 Å². The molecule has 0 fully saturated rings. The molecule has 2 aromatic heterocycles. The molecule has 0 amide bonds. The van der Waals surface area contributed by atoms with Crippen molar-refractivity contribution in [3.8, 4) is 11.6 Å². The van der Waals surface area contributed by atoms with Gasteiger partial charge in [0.15, 0.2) is 0 Å². The zero-order valence-corrected chi connectivity index (χ0v) is 14.6. The summed E-state index contributed by atoms with van der Waals surface area (Å²) in [4.78, 5) is 4.11. The van der Waals surface area contributed by atoms with Crippen molar-refractivity contribution in [2.75, 3.05) is 12.1 Å². The number of hydrazone groups is 1. The van der Waals surface area contributed by atoms with Gasteiger partial charge in [0.2, 0.25) is 5.88 Å². The molecule has 0 radical (unpaired) electrons. The Hall–Kier alpha value is -3.74. The maximum atomic E-state index is 13.6. The van der Waals surface area contributed by atoms with Crippen LogP contribution in [0.2, 0.25) is 0 Å². The monoisotopic (exact) mass is 361 g/mol. The van der Waals surface area contributed by atoms with E-state index in [2.05, 4.69) is 21.8 Å². The van der Waals surface area contributed by atoms with E-state index in [9.17, 15) is 4.39 Å². The number of pyridine rings is 1. The number of anilines is 1. The molecule has 1 aliphatic rings. The van der Waals surface area contributed by atoms with Crippen LogP contribution in [0.4, 0.5) is 10.1 Å². The largest absolute Gasteiger partial charge is 0.481 e. The van der Waals surface area contributed by atoms with Crippen LogP contribution >= 0.6 is 0 Å². The van der Waals surface area contributed by atoms with Crippen LogP contribution in [0.15, 0.2) is 84.4 Å². The minimum Gasteiger partial charge on any atom is -0.481 e. The highest BCUT2D eigenvalue weighted by Crippen LogP contribution is 2.25. The molecule has 27 heavy (non-hydrogen) atoms. The number of nitrogens with zero attached hydrogens (tertiary/aromatic N) is 5. The van der Waals surface area contributed by atoms with Crippen molar-refractivity contribution in [3.05, 3.63) is 90.8 Å². The van der Waals surface area contributed by atoms with E-state index < -0.39 is 0 Å². The van der Waals surface area contributed by atoms with Crippen molar-refractivity contribution in [2.24, 2.45) is 5.10 Å². The number of hydrogen-bond donors (Lipinski definition) is 0. The molecule has 0 unspecified atom stereocenters. The Bertz CT molecular complexity index is 1070. The van der Waals surface area contributed by atoms with Gasteiger partial charge < -0.3 is 4.74 Å². The first-order chi connectivity index (χ1) is 13.2. The second kappa shape index (κ2) is 6.87. The topological polar surface area (TPSA) is 55.5 Å². The van der Waals surface area contributed by atoms with Crippen LogP contribution in [0.3, 0.4) is 0 Å². The van der Waals surface area contributed by atoms with Gasteiger partial charge in [-0.25, -0.2) is 19.1 Å². The van der Waals surface area contributed by atoms with E-state index in [4.69, 9.17) is 4.74 Å². The van der Waals surface area contributed by atoms with Gasteiger partial charge >= 0.3 is 0 Å². The van der Waals surface area contributed by atoms with Gasteiger partial charge in [-0.3, -0.25) is 0 Å². The second-order valence-electron chi connectivity index (χ2n) is 5.80. The summed E-state index contributed by atoms with van der Waals surface area (Å²) in [5.74, 6) is 0.163. The fraction of sp³-hybridized carbons (Fsp3) is 0.0500. The van der Waals surface area contributed by atoms with Gasteiger partial charge in [-0.15, -0.1) is 0 Å². The van der Waals surface area contributed by atoms with E-state index in [-0.39, 0.29) is 5.82 Å². The van der Waals surface area contributed by atoms with Crippen LogP contribution < -0.4 is 9.75 Å². The van der Waals surface area contributed by atoms with Gasteiger partial charge in [-0.05, 0) is 42.0 Å². The van der Waals surface area contributed by atoms with E-state index in [1.165, 1.54) is 12.1 Å². The lowest BCUT2D eigenvalue weighted by atomic mass is 10.1. The number of aromatic nitrogens is 3. The third kappa shape index (κ3) is 3.22. The minimum absolute atomic E-state index is 0.330. The molecule has 1 aliphatic heterocycles. The molecule has 0 saturated carbocycles. The van der Waals surface area contributed by atoms with Gasteiger partial charge in [-0.2, -0.15) is 10.2 Å². The molecular weight excluding hydrogens is 345 g/mol. The highest BCUT2D eigenvalue weighted by molar-refractivity contribution is 6.14. The molecule has 1 aromatic carbocycles. The summed E-state index contributed by atoms with van der Waals surface area (Å²) >= 11 is 0. The molecule has 6 nitrogen and oxygen atoms in total. The second-order valence-corrected chi connectivity index (χ2v) is 5.80. The van der Waals surface area contributed by atoms with Crippen LogP contribution in [-0.4, -0.2) is 27.6 Å². The lowest BCUT2D eigenvalue weighted by molar-refractivity contribution is 0.398. The molecule has 0 atom stereocenters. The summed E-state index contributed by atoms with van der Waals surface area (Å²) in [6.45, 7) is 4.07. The van der Waals surface area contributed by atoms with Gasteiger partial charge in [0.25, 0.3) is 0 Å². The van der Waals surface area contributed by atoms with Gasteiger partial charge in [0.1, 0.15) is 11.5 Å². The Labute approximate surface area is 155 Å². The molecule has 4 rings (SSSR count). The number of methoxy groups -OCH3 is 1. The summed E-state index contributed by atoms with van der Waals surface area (Å²) in [5, 5.41) is 10.7. The maximum absolute atomic E-state index is 13.6. The summed E-state index contributed by atoms with van der Waals surface area (Å²) in [5.41, 5.74) is 3.47. The van der Waals surface area contributed by atoms with E-state index in [0.29, 0.717) is 23.0 Å². The van der Waals surface area contributed by atoms with Crippen LogP contribution in [0.25, 0.3) is 5.69 Å². The molecule has 0 N–H and O–H groups in total. The quantitative estimate of drug-likeness (QED) is 0.711. The summed E-state index contributed by atoms with van der Waals surface area (Å²) in [6.07, 6.45) is 6.97. The number of benzene rings is 1. The first-order valence-electron chi connectivity index (χ1n) is 8.21. The number of halogens is 1. The van der Waals surface area contributed by atoms with E-state index in [0.717, 1.165) is 11.3 Å². The highest BCUT2D eigenvalue weighted by atomic mass is 19.1. The van der Waals surface area contributed by atoms with Crippen molar-refractivity contribution in [3.63, 3.8) is 0 Å². The number of allylic oxidation sites excluding steroid dienone is 2. The molecule has 0 aliphatic carbocycles. The average molecular weight is 361 g/mol. The number of rotatable bonds is 4. The molecule has 134 valence electrons. The van der Waals surface area contributed by atoms with Crippen molar-refractivity contribution < 1.29 is 9.13 Å². The lowest BCUT2D eigenvalue weighted by Gasteiger charge is -2.22. The Kier molecular flexibility index (Phi) is 4.25. The molecule has 0 saturated heterocycles. The van der Waals surface area contributed by atoms with Gasteiger partial charge in [0, 0.05) is 18.5 Å². The first kappa shape index (κ1) is 16.7. The Morgan fingerprint density at radius 3 is 2.78 bits per heavy atom. The van der Waals surface area contributed by atoms with Crippen molar-refractivity contribution in [1.29, 1.82) is 0 Å². The molecule has 7 heteroatoms. The predicted octanol–water partition coefficient (Wildman–Crippen LogP) is 3.71. The van der Waals surface area contributed by atoms with Crippen molar-refractivity contribution in [1.82, 2.24) is 14.8 Å². The Morgan fingerprint density at radius 2 is 1.96 bits per heavy atom. The zero-order chi connectivity index (χ0) is 18.8. The smallest absolute Gasteiger partial charge is 0.215 e. The van der Waals surface area contributed by atoms with E-state index >= 15 is 0 Å². The standard InChI is InChI=1S/C20H16FN5O/c1-14-8-11-25(16-6-9-22-19(13-16)27-2)24-20(14)18-7-10-23-26(18)17-5-3-4-15(21)12-17/h3-13H,1H2,2H3. The lowest BCUT2D eigenvalue weighted by Crippen LogP contribution is -2.21. The van der Waals surface area contributed by atoms with Crippen LogP contribution in [-0.2, 0) is 0 Å². The third-order valence-corrected chi connectivity index (χ3v) is 4.06. The van der Waals surface area contributed by atoms with Crippen LogP contribution in [0.1, 0.15) is 5.69 Å². The summed E-state index contributed by atoms with van der Waals surface area (Å²) in [7, 11) is 1.56. The molecule has 0 spiro atoms. The van der Waals surface area contributed by atoms with E-state index in [1.54, 1.807) is 47.4 Å². The van der Waals surface area contributed by atoms with Gasteiger partial charge in [0.05, 0.1) is 30.4 Å². The van der Waals surface area contributed by atoms with Gasteiger partial charge in [-0.1, -0.05) is 12.6 Å². The summed E-state index contributed by atoms with van der Waals surface area (Å²) in [6, 6.07) is 11.7. The normalized spacial score (nSPS) is 13.6. The fourth-order valence-corrected chi connectivity index (χ4v) is 2.75. The molecule has 3 aromatic rings. The Balaban J connectivity index is 1.76. The minimum atomic E-state index is -0.330. The van der Waals surface area contributed by atoms with Crippen LogP contribution in [0.5, 0.6) is 5.88 Å². The van der Waals surface area contributed by atoms with Crippen molar-refractivity contribution in [2.45, 2.75) is 0 Å².